The highest BCUT2D eigenvalue weighted by Gasteiger charge is 2.26. The molecule has 0 saturated heterocycles. The summed E-state index contributed by atoms with van der Waals surface area (Å²) in [6.45, 7) is 1.52. The minimum absolute atomic E-state index is 0.0214. The van der Waals surface area contributed by atoms with Gasteiger partial charge in [-0.05, 0) is 13.3 Å². The molecule has 0 unspecified atom stereocenters. The molecule has 10 heavy (non-hydrogen) atoms. The first kappa shape index (κ1) is 7.22. The van der Waals surface area contributed by atoms with Crippen LogP contribution in [0.15, 0.2) is 24.3 Å². The van der Waals surface area contributed by atoms with Crippen molar-refractivity contribution in [2.45, 2.75) is 18.9 Å². The van der Waals surface area contributed by atoms with Gasteiger partial charge in [0.1, 0.15) is 0 Å². The van der Waals surface area contributed by atoms with Crippen LogP contribution in [-0.2, 0) is 4.79 Å². The van der Waals surface area contributed by atoms with Gasteiger partial charge in [0, 0.05) is 0 Å². The third-order valence-electron chi connectivity index (χ3n) is 1.75. The molecular formula is C8H11NO. The summed E-state index contributed by atoms with van der Waals surface area (Å²) < 4.78 is 0. The molecule has 0 radical (unpaired) electrons. The first-order valence-corrected chi connectivity index (χ1v) is 3.29. The second-order valence-electron chi connectivity index (χ2n) is 2.59. The summed E-state index contributed by atoms with van der Waals surface area (Å²) in [5, 5.41) is 0. The van der Waals surface area contributed by atoms with Crippen LogP contribution in [0, 0.1) is 0 Å². The van der Waals surface area contributed by atoms with Crippen LogP contribution in [0.25, 0.3) is 0 Å². The van der Waals surface area contributed by atoms with Gasteiger partial charge in [0.15, 0.2) is 5.78 Å². The molecule has 0 aromatic heterocycles. The number of carbonyl (C=O) groups is 1. The minimum atomic E-state index is -0.727. The Morgan fingerprint density at radius 2 is 2.30 bits per heavy atom. The zero-order valence-electron chi connectivity index (χ0n) is 6.00. The van der Waals surface area contributed by atoms with Crippen molar-refractivity contribution in [3.63, 3.8) is 0 Å². The summed E-state index contributed by atoms with van der Waals surface area (Å²) in [5.41, 5.74) is 4.99. The summed E-state index contributed by atoms with van der Waals surface area (Å²) in [6, 6.07) is 0. The molecule has 1 rings (SSSR count). The Morgan fingerprint density at radius 1 is 1.60 bits per heavy atom. The Hall–Kier alpha value is -0.890. The SMILES string of the molecule is CC(=O)[C@@]1(N)C=CC=CC1. The van der Waals surface area contributed by atoms with E-state index in [1.54, 1.807) is 6.08 Å². The molecule has 0 spiro atoms. The van der Waals surface area contributed by atoms with Gasteiger partial charge in [-0.25, -0.2) is 0 Å². The maximum Gasteiger partial charge on any atom is 0.153 e. The van der Waals surface area contributed by atoms with Crippen LogP contribution in [0.4, 0.5) is 0 Å². The molecule has 0 aromatic carbocycles. The lowest BCUT2D eigenvalue weighted by Crippen LogP contribution is -2.44. The molecule has 0 aromatic rings. The van der Waals surface area contributed by atoms with Crippen molar-refractivity contribution >= 4 is 5.78 Å². The highest BCUT2D eigenvalue weighted by Crippen LogP contribution is 2.14. The fraction of sp³-hybridized carbons (Fsp3) is 0.375. The second kappa shape index (κ2) is 2.39. The number of Topliss-reactive ketones (excluding diaryl/α,β-unsaturated/α-hetero) is 1. The summed E-state index contributed by atoms with van der Waals surface area (Å²) in [5.74, 6) is 0.0214. The summed E-state index contributed by atoms with van der Waals surface area (Å²) >= 11 is 0. The molecule has 2 heteroatoms. The summed E-state index contributed by atoms with van der Waals surface area (Å²) in [7, 11) is 0. The first-order valence-electron chi connectivity index (χ1n) is 3.29. The van der Waals surface area contributed by atoms with Crippen LogP contribution < -0.4 is 5.73 Å². The van der Waals surface area contributed by atoms with E-state index < -0.39 is 5.54 Å². The zero-order valence-corrected chi connectivity index (χ0v) is 6.00. The van der Waals surface area contributed by atoms with Gasteiger partial charge in [-0.3, -0.25) is 4.79 Å². The lowest BCUT2D eigenvalue weighted by molar-refractivity contribution is -0.120. The van der Waals surface area contributed by atoms with Crippen LogP contribution in [0.2, 0.25) is 0 Å². The number of allylic oxidation sites excluding steroid dienone is 2. The average Bonchev–Trinajstić information content (AvgIpc) is 1.89. The smallest absolute Gasteiger partial charge is 0.153 e. The zero-order chi connectivity index (χ0) is 7.61. The molecule has 1 atom stereocenters. The Balaban J connectivity index is 2.80. The van der Waals surface area contributed by atoms with Crippen molar-refractivity contribution in [1.29, 1.82) is 0 Å². The second-order valence-corrected chi connectivity index (χ2v) is 2.59. The maximum atomic E-state index is 10.9. The molecule has 2 N–H and O–H groups in total. The number of rotatable bonds is 1. The molecule has 0 saturated carbocycles. The van der Waals surface area contributed by atoms with Crippen LogP contribution >= 0.6 is 0 Å². The molecule has 0 heterocycles. The quantitative estimate of drug-likeness (QED) is 0.580. The standard InChI is InChI=1S/C8H11NO/c1-7(10)8(9)5-3-2-4-6-8/h2-5H,6,9H2,1H3/t8-/m1/s1. The van der Waals surface area contributed by atoms with Crippen molar-refractivity contribution in [1.82, 2.24) is 0 Å². The normalized spacial score (nSPS) is 30.6. The lowest BCUT2D eigenvalue weighted by Gasteiger charge is -2.22. The average molecular weight is 137 g/mol. The van der Waals surface area contributed by atoms with E-state index in [1.165, 1.54) is 6.92 Å². The number of nitrogens with two attached hydrogens (primary N) is 1. The fourth-order valence-corrected chi connectivity index (χ4v) is 0.898. The van der Waals surface area contributed by atoms with E-state index in [0.717, 1.165) is 0 Å². The molecule has 1 aliphatic rings. The van der Waals surface area contributed by atoms with Crippen LogP contribution in [0.3, 0.4) is 0 Å². The third kappa shape index (κ3) is 1.16. The fourth-order valence-electron chi connectivity index (χ4n) is 0.898. The Morgan fingerprint density at radius 3 is 2.60 bits per heavy atom. The van der Waals surface area contributed by atoms with Gasteiger partial charge >= 0.3 is 0 Å². The molecule has 1 aliphatic carbocycles. The molecule has 54 valence electrons. The van der Waals surface area contributed by atoms with E-state index in [-0.39, 0.29) is 5.78 Å². The minimum Gasteiger partial charge on any atom is -0.316 e. The van der Waals surface area contributed by atoms with Crippen molar-refractivity contribution in [3.8, 4) is 0 Å². The van der Waals surface area contributed by atoms with Gasteiger partial charge in [-0.15, -0.1) is 0 Å². The molecule has 0 aliphatic heterocycles. The predicted molar refractivity (Wildman–Crippen MR) is 40.5 cm³/mol. The van der Waals surface area contributed by atoms with Gasteiger partial charge in [0.05, 0.1) is 5.54 Å². The summed E-state index contributed by atoms with van der Waals surface area (Å²) in [6.07, 6.45) is 7.98. The monoisotopic (exact) mass is 137 g/mol. The van der Waals surface area contributed by atoms with E-state index in [1.807, 2.05) is 18.2 Å². The highest BCUT2D eigenvalue weighted by molar-refractivity contribution is 5.88. The van der Waals surface area contributed by atoms with Crippen LogP contribution in [0.5, 0.6) is 0 Å². The van der Waals surface area contributed by atoms with E-state index in [2.05, 4.69) is 0 Å². The first-order chi connectivity index (χ1) is 4.65. The molecule has 2 nitrogen and oxygen atoms in total. The lowest BCUT2D eigenvalue weighted by atomic mass is 9.89. The van der Waals surface area contributed by atoms with Gasteiger partial charge in [-0.1, -0.05) is 24.3 Å². The predicted octanol–water partition coefficient (Wildman–Crippen LogP) is 0.789. The third-order valence-corrected chi connectivity index (χ3v) is 1.75. The van der Waals surface area contributed by atoms with Crippen molar-refractivity contribution < 1.29 is 4.79 Å². The van der Waals surface area contributed by atoms with Gasteiger partial charge in [0.25, 0.3) is 0 Å². The van der Waals surface area contributed by atoms with E-state index in [9.17, 15) is 4.79 Å². The van der Waals surface area contributed by atoms with Gasteiger partial charge < -0.3 is 5.73 Å². The number of hydrogen-bond donors (Lipinski definition) is 1. The molecular weight excluding hydrogens is 126 g/mol. The van der Waals surface area contributed by atoms with Crippen LogP contribution in [0.1, 0.15) is 13.3 Å². The maximum absolute atomic E-state index is 10.9. The Labute approximate surface area is 60.4 Å². The van der Waals surface area contributed by atoms with Crippen molar-refractivity contribution in [2.75, 3.05) is 0 Å². The van der Waals surface area contributed by atoms with E-state index in [0.29, 0.717) is 6.42 Å². The Bertz CT molecular complexity index is 205. The van der Waals surface area contributed by atoms with E-state index >= 15 is 0 Å². The number of ketones is 1. The molecule has 0 amide bonds. The topological polar surface area (TPSA) is 43.1 Å². The number of hydrogen-bond acceptors (Lipinski definition) is 2. The van der Waals surface area contributed by atoms with E-state index in [4.69, 9.17) is 5.73 Å². The Kier molecular flexibility index (Phi) is 1.72. The summed E-state index contributed by atoms with van der Waals surface area (Å²) in [4.78, 5) is 10.9. The molecule has 0 fully saturated rings. The van der Waals surface area contributed by atoms with Crippen LogP contribution in [-0.4, -0.2) is 11.3 Å². The van der Waals surface area contributed by atoms with Gasteiger partial charge in [-0.2, -0.15) is 0 Å². The number of carbonyl (C=O) groups excluding carboxylic acids is 1. The largest absolute Gasteiger partial charge is 0.316 e. The van der Waals surface area contributed by atoms with Crippen molar-refractivity contribution in [3.05, 3.63) is 24.3 Å². The van der Waals surface area contributed by atoms with Crippen molar-refractivity contribution in [2.24, 2.45) is 5.73 Å². The van der Waals surface area contributed by atoms with Gasteiger partial charge in [0.2, 0.25) is 0 Å². The molecule has 0 bridgehead atoms. The highest BCUT2D eigenvalue weighted by atomic mass is 16.1.